The van der Waals surface area contributed by atoms with Crippen LogP contribution in [0, 0.1) is 6.92 Å². The first-order chi connectivity index (χ1) is 9.78. The van der Waals surface area contributed by atoms with E-state index in [1.807, 2.05) is 22.7 Å². The van der Waals surface area contributed by atoms with Gasteiger partial charge in [-0.3, -0.25) is 0 Å². The van der Waals surface area contributed by atoms with Crippen molar-refractivity contribution in [3.05, 3.63) is 43.3 Å². The Morgan fingerprint density at radius 1 is 1.20 bits per heavy atom. The zero-order chi connectivity index (χ0) is 13.9. The lowest BCUT2D eigenvalue weighted by molar-refractivity contribution is 0.640. The minimum Gasteiger partial charge on any atom is -0.306 e. The lowest BCUT2D eigenvalue weighted by Crippen LogP contribution is -2.20. The van der Waals surface area contributed by atoms with Gasteiger partial charge in [0, 0.05) is 14.6 Å². The van der Waals surface area contributed by atoms with Crippen molar-refractivity contribution in [2.75, 3.05) is 6.54 Å². The summed E-state index contributed by atoms with van der Waals surface area (Å²) < 4.78 is 0. The van der Waals surface area contributed by atoms with E-state index in [0.717, 1.165) is 6.54 Å². The van der Waals surface area contributed by atoms with E-state index in [9.17, 15) is 0 Å². The molecule has 2 aromatic heterocycles. The third-order valence-electron chi connectivity index (χ3n) is 4.04. The maximum atomic E-state index is 3.67. The molecule has 2 heterocycles. The van der Waals surface area contributed by atoms with Crippen LogP contribution in [0.4, 0.5) is 0 Å². The molecular formula is C17H23NS2. The van der Waals surface area contributed by atoms with Gasteiger partial charge in [0.05, 0.1) is 6.04 Å². The van der Waals surface area contributed by atoms with E-state index < -0.39 is 0 Å². The van der Waals surface area contributed by atoms with Crippen LogP contribution in [-0.2, 0) is 12.8 Å². The first kappa shape index (κ1) is 14.3. The summed E-state index contributed by atoms with van der Waals surface area (Å²) in [5.74, 6) is 0. The van der Waals surface area contributed by atoms with Crippen LogP contribution in [0.25, 0.3) is 0 Å². The predicted octanol–water partition coefficient (Wildman–Crippen LogP) is 5.09. The van der Waals surface area contributed by atoms with E-state index in [1.54, 1.807) is 10.4 Å². The Morgan fingerprint density at radius 3 is 2.80 bits per heavy atom. The molecule has 0 fully saturated rings. The van der Waals surface area contributed by atoms with Gasteiger partial charge in [-0.2, -0.15) is 0 Å². The third-order valence-corrected chi connectivity index (χ3v) is 6.22. The van der Waals surface area contributed by atoms with Gasteiger partial charge in [0.1, 0.15) is 0 Å². The number of hydrogen-bond acceptors (Lipinski definition) is 3. The van der Waals surface area contributed by atoms with Crippen molar-refractivity contribution >= 4 is 22.7 Å². The lowest BCUT2D eigenvalue weighted by atomic mass is 10.1. The first-order valence-electron chi connectivity index (χ1n) is 7.68. The molecule has 0 bridgehead atoms. The smallest absolute Gasteiger partial charge is 0.0679 e. The molecule has 1 nitrogen and oxygen atoms in total. The zero-order valence-electron chi connectivity index (χ0n) is 12.4. The average Bonchev–Trinajstić information content (AvgIpc) is 2.97. The van der Waals surface area contributed by atoms with Gasteiger partial charge in [0.2, 0.25) is 0 Å². The molecule has 0 saturated heterocycles. The molecule has 0 spiro atoms. The fourth-order valence-electron chi connectivity index (χ4n) is 3.03. The fraction of sp³-hybridized carbons (Fsp3) is 0.529. The summed E-state index contributed by atoms with van der Waals surface area (Å²) in [4.78, 5) is 4.56. The van der Waals surface area contributed by atoms with Crippen LogP contribution in [0.2, 0.25) is 0 Å². The minimum absolute atomic E-state index is 0.391. The molecule has 0 aliphatic heterocycles. The van der Waals surface area contributed by atoms with E-state index in [0.29, 0.717) is 6.04 Å². The second-order valence-corrected chi connectivity index (χ2v) is 7.92. The topological polar surface area (TPSA) is 12.0 Å². The SMILES string of the molecule is CCNC(c1csc(C)c1)c1cc2c(s1)CCCCC2. The molecule has 0 radical (unpaired) electrons. The van der Waals surface area contributed by atoms with E-state index in [4.69, 9.17) is 0 Å². The largest absolute Gasteiger partial charge is 0.306 e. The number of aryl methyl sites for hydroxylation is 3. The summed E-state index contributed by atoms with van der Waals surface area (Å²) in [7, 11) is 0. The molecule has 3 rings (SSSR count). The standard InChI is InChI=1S/C17H23NS2/c1-3-18-17(14-9-12(2)19-11-14)16-10-13-7-5-4-6-8-15(13)20-16/h9-11,17-18H,3-8H2,1-2H3. The van der Waals surface area contributed by atoms with Crippen LogP contribution < -0.4 is 5.32 Å². The number of nitrogens with one attached hydrogen (secondary N) is 1. The molecule has 2 aromatic rings. The molecule has 20 heavy (non-hydrogen) atoms. The van der Waals surface area contributed by atoms with Crippen molar-refractivity contribution in [2.24, 2.45) is 0 Å². The molecule has 1 atom stereocenters. The van der Waals surface area contributed by atoms with Crippen molar-refractivity contribution in [3.63, 3.8) is 0 Å². The van der Waals surface area contributed by atoms with Crippen LogP contribution in [0.3, 0.4) is 0 Å². The molecule has 3 heteroatoms. The number of hydrogen-bond donors (Lipinski definition) is 1. The van der Waals surface area contributed by atoms with Crippen LogP contribution in [0.15, 0.2) is 17.5 Å². The Kier molecular flexibility index (Phi) is 4.59. The van der Waals surface area contributed by atoms with Gasteiger partial charge in [-0.15, -0.1) is 22.7 Å². The zero-order valence-corrected chi connectivity index (χ0v) is 14.0. The molecule has 1 aliphatic rings. The maximum absolute atomic E-state index is 3.67. The Labute approximate surface area is 130 Å². The summed E-state index contributed by atoms with van der Waals surface area (Å²) in [5.41, 5.74) is 3.06. The van der Waals surface area contributed by atoms with Gasteiger partial charge >= 0.3 is 0 Å². The summed E-state index contributed by atoms with van der Waals surface area (Å²) in [5, 5.41) is 5.98. The summed E-state index contributed by atoms with van der Waals surface area (Å²) >= 11 is 3.90. The van der Waals surface area contributed by atoms with Crippen molar-refractivity contribution in [3.8, 4) is 0 Å². The minimum atomic E-state index is 0.391. The number of rotatable bonds is 4. The Morgan fingerprint density at radius 2 is 2.05 bits per heavy atom. The second kappa shape index (κ2) is 6.42. The molecule has 0 amide bonds. The van der Waals surface area contributed by atoms with Crippen LogP contribution >= 0.6 is 22.7 Å². The van der Waals surface area contributed by atoms with Gasteiger partial charge in [0.25, 0.3) is 0 Å². The fourth-order valence-corrected chi connectivity index (χ4v) is 5.13. The van der Waals surface area contributed by atoms with E-state index >= 15 is 0 Å². The van der Waals surface area contributed by atoms with Gasteiger partial charge in [0.15, 0.2) is 0 Å². The Balaban J connectivity index is 1.91. The molecule has 1 unspecified atom stereocenters. The van der Waals surface area contributed by atoms with Gasteiger partial charge in [-0.05, 0) is 67.8 Å². The van der Waals surface area contributed by atoms with Gasteiger partial charge in [-0.25, -0.2) is 0 Å². The highest BCUT2D eigenvalue weighted by molar-refractivity contribution is 7.12. The van der Waals surface area contributed by atoms with E-state index in [2.05, 4.69) is 36.7 Å². The molecular weight excluding hydrogens is 282 g/mol. The highest BCUT2D eigenvalue weighted by atomic mass is 32.1. The number of thiophene rings is 2. The highest BCUT2D eigenvalue weighted by Crippen LogP contribution is 2.35. The molecule has 0 saturated carbocycles. The monoisotopic (exact) mass is 305 g/mol. The average molecular weight is 306 g/mol. The third kappa shape index (κ3) is 3.00. The quantitative estimate of drug-likeness (QED) is 0.776. The van der Waals surface area contributed by atoms with E-state index in [1.165, 1.54) is 47.4 Å². The van der Waals surface area contributed by atoms with Crippen molar-refractivity contribution < 1.29 is 0 Å². The van der Waals surface area contributed by atoms with Crippen LogP contribution in [0.5, 0.6) is 0 Å². The normalized spacial score (nSPS) is 16.7. The van der Waals surface area contributed by atoms with Gasteiger partial charge < -0.3 is 5.32 Å². The summed E-state index contributed by atoms with van der Waals surface area (Å²) in [6, 6.07) is 5.20. The second-order valence-electron chi connectivity index (χ2n) is 5.64. The van der Waals surface area contributed by atoms with Gasteiger partial charge in [-0.1, -0.05) is 13.3 Å². The first-order valence-corrected chi connectivity index (χ1v) is 9.37. The van der Waals surface area contributed by atoms with E-state index in [-0.39, 0.29) is 0 Å². The van der Waals surface area contributed by atoms with Crippen LogP contribution in [-0.4, -0.2) is 6.54 Å². The maximum Gasteiger partial charge on any atom is 0.0679 e. The Hall–Kier alpha value is -0.640. The summed E-state index contributed by atoms with van der Waals surface area (Å²) in [6.45, 7) is 5.41. The predicted molar refractivity (Wildman–Crippen MR) is 90.2 cm³/mol. The molecule has 0 aromatic carbocycles. The van der Waals surface area contributed by atoms with Crippen molar-refractivity contribution in [2.45, 2.75) is 52.0 Å². The van der Waals surface area contributed by atoms with Crippen LogP contribution in [0.1, 0.15) is 58.0 Å². The molecule has 1 N–H and O–H groups in total. The number of fused-ring (bicyclic) bond motifs is 1. The lowest BCUT2D eigenvalue weighted by Gasteiger charge is -2.15. The molecule has 108 valence electrons. The van der Waals surface area contributed by atoms with Crippen molar-refractivity contribution in [1.29, 1.82) is 0 Å². The Bertz CT molecular complexity index is 544. The summed E-state index contributed by atoms with van der Waals surface area (Å²) in [6.07, 6.45) is 6.72. The highest BCUT2D eigenvalue weighted by Gasteiger charge is 2.20. The molecule has 1 aliphatic carbocycles. The van der Waals surface area contributed by atoms with Crippen molar-refractivity contribution in [1.82, 2.24) is 5.32 Å².